The summed E-state index contributed by atoms with van der Waals surface area (Å²) in [5, 5.41) is 0. The van der Waals surface area contributed by atoms with Crippen molar-refractivity contribution in [1.29, 1.82) is 0 Å². The second-order valence-electron chi connectivity index (χ2n) is 3.62. The standard InChI is InChI=1S/C11H10N2O.C3H8.C2H6/c1-9-7-12-8-11(13-9)14-10-5-3-2-4-6-10;1-3-2;1-2/h2-8H,1H3;3H2,1-2H3;1-2H3. The first-order valence-electron chi connectivity index (χ1n) is 6.77. The summed E-state index contributed by atoms with van der Waals surface area (Å²) in [6.07, 6.45) is 4.54. The van der Waals surface area contributed by atoms with Crippen LogP contribution < -0.4 is 4.74 Å². The van der Waals surface area contributed by atoms with Crippen molar-refractivity contribution < 1.29 is 4.74 Å². The van der Waals surface area contributed by atoms with E-state index in [0.29, 0.717) is 5.88 Å². The van der Waals surface area contributed by atoms with Crippen LogP contribution in [0, 0.1) is 6.92 Å². The van der Waals surface area contributed by atoms with Crippen molar-refractivity contribution >= 4 is 0 Å². The smallest absolute Gasteiger partial charge is 0.238 e. The topological polar surface area (TPSA) is 35.0 Å². The Balaban J connectivity index is 0.000000573. The van der Waals surface area contributed by atoms with Crippen molar-refractivity contribution in [3.8, 4) is 11.6 Å². The molecule has 0 saturated heterocycles. The van der Waals surface area contributed by atoms with Gasteiger partial charge in [0.15, 0.2) is 0 Å². The van der Waals surface area contributed by atoms with Gasteiger partial charge in [-0.25, -0.2) is 4.98 Å². The molecule has 0 saturated carbocycles. The van der Waals surface area contributed by atoms with Gasteiger partial charge in [-0.15, -0.1) is 0 Å². The van der Waals surface area contributed by atoms with Crippen LogP contribution in [0.5, 0.6) is 11.6 Å². The molecule has 0 radical (unpaired) electrons. The predicted octanol–water partition coefficient (Wildman–Crippen LogP) is 5.02. The lowest BCUT2D eigenvalue weighted by molar-refractivity contribution is 0.458. The molecule has 0 bridgehead atoms. The highest BCUT2D eigenvalue weighted by Crippen LogP contribution is 2.17. The summed E-state index contributed by atoms with van der Waals surface area (Å²) < 4.78 is 5.49. The SMILES string of the molecule is CC.CCC.Cc1cncc(Oc2ccccc2)n1. The predicted molar refractivity (Wildman–Crippen MR) is 80.6 cm³/mol. The van der Waals surface area contributed by atoms with Crippen molar-refractivity contribution in [3.63, 3.8) is 0 Å². The van der Waals surface area contributed by atoms with Crippen LogP contribution in [0.15, 0.2) is 42.7 Å². The normalized spacial score (nSPS) is 8.47. The molecule has 0 N–H and O–H groups in total. The molecule has 0 atom stereocenters. The van der Waals surface area contributed by atoms with Crippen LogP contribution in [0.25, 0.3) is 0 Å². The highest BCUT2D eigenvalue weighted by molar-refractivity contribution is 5.25. The third-order valence-corrected chi connectivity index (χ3v) is 1.70. The number of benzene rings is 1. The number of hydrogen-bond acceptors (Lipinski definition) is 3. The van der Waals surface area contributed by atoms with Crippen molar-refractivity contribution in [2.75, 3.05) is 0 Å². The maximum Gasteiger partial charge on any atom is 0.238 e. The Hall–Kier alpha value is -1.90. The van der Waals surface area contributed by atoms with Crippen LogP contribution in [0.4, 0.5) is 0 Å². The molecule has 0 unspecified atom stereocenters. The molecule has 1 aromatic carbocycles. The molecular weight excluding hydrogens is 236 g/mol. The van der Waals surface area contributed by atoms with Crippen molar-refractivity contribution in [2.45, 2.75) is 41.0 Å². The molecule has 104 valence electrons. The number of ether oxygens (including phenoxy) is 1. The molecule has 0 spiro atoms. The van der Waals surface area contributed by atoms with Crippen molar-refractivity contribution in [3.05, 3.63) is 48.4 Å². The molecule has 19 heavy (non-hydrogen) atoms. The van der Waals surface area contributed by atoms with E-state index in [2.05, 4.69) is 23.8 Å². The van der Waals surface area contributed by atoms with Crippen LogP contribution in [0.1, 0.15) is 39.8 Å². The zero-order chi connectivity index (χ0) is 14.5. The Morgan fingerprint density at radius 2 is 1.58 bits per heavy atom. The minimum Gasteiger partial charge on any atom is -0.437 e. The second-order valence-corrected chi connectivity index (χ2v) is 3.62. The molecule has 3 nitrogen and oxygen atoms in total. The van der Waals surface area contributed by atoms with Crippen LogP contribution in [-0.2, 0) is 0 Å². The Morgan fingerprint density at radius 1 is 1.00 bits per heavy atom. The van der Waals surface area contributed by atoms with Crippen molar-refractivity contribution in [1.82, 2.24) is 9.97 Å². The van der Waals surface area contributed by atoms with E-state index < -0.39 is 0 Å². The average Bonchev–Trinajstić information content (AvgIpc) is 2.43. The number of para-hydroxylation sites is 1. The van der Waals surface area contributed by atoms with Crippen LogP contribution >= 0.6 is 0 Å². The van der Waals surface area contributed by atoms with E-state index in [1.807, 2.05) is 51.1 Å². The Kier molecular flexibility index (Phi) is 10.1. The van der Waals surface area contributed by atoms with Gasteiger partial charge in [0.2, 0.25) is 5.88 Å². The van der Waals surface area contributed by atoms with Gasteiger partial charge < -0.3 is 4.74 Å². The minimum absolute atomic E-state index is 0.524. The van der Waals surface area contributed by atoms with E-state index >= 15 is 0 Å². The molecule has 3 heteroatoms. The first kappa shape index (κ1) is 17.1. The van der Waals surface area contributed by atoms with Gasteiger partial charge >= 0.3 is 0 Å². The summed E-state index contributed by atoms with van der Waals surface area (Å²) in [7, 11) is 0. The number of nitrogens with zero attached hydrogens (tertiary/aromatic N) is 2. The lowest BCUT2D eigenvalue weighted by atomic mass is 10.3. The maximum absolute atomic E-state index is 5.49. The summed E-state index contributed by atoms with van der Waals surface area (Å²) in [4.78, 5) is 8.18. The molecular formula is C16H24N2O. The van der Waals surface area contributed by atoms with Gasteiger partial charge in [-0.1, -0.05) is 52.3 Å². The first-order chi connectivity index (χ1) is 9.26. The molecule has 0 aliphatic heterocycles. The molecule has 1 aromatic heterocycles. The van der Waals surface area contributed by atoms with E-state index in [4.69, 9.17) is 4.74 Å². The number of rotatable bonds is 2. The maximum atomic E-state index is 5.49. The first-order valence-corrected chi connectivity index (χ1v) is 6.77. The minimum atomic E-state index is 0.524. The van der Waals surface area contributed by atoms with Gasteiger partial charge in [-0.3, -0.25) is 4.98 Å². The zero-order valence-corrected chi connectivity index (χ0v) is 12.6. The fraction of sp³-hybridized carbons (Fsp3) is 0.375. The van der Waals surface area contributed by atoms with Crippen LogP contribution in [0.2, 0.25) is 0 Å². The lowest BCUT2D eigenvalue weighted by Crippen LogP contribution is -1.90. The van der Waals surface area contributed by atoms with Gasteiger partial charge in [0.25, 0.3) is 0 Å². The molecule has 1 heterocycles. The van der Waals surface area contributed by atoms with Crippen LogP contribution in [0.3, 0.4) is 0 Å². The Morgan fingerprint density at radius 3 is 2.11 bits per heavy atom. The fourth-order valence-corrected chi connectivity index (χ4v) is 1.10. The Labute approximate surface area is 116 Å². The highest BCUT2D eigenvalue weighted by Gasteiger charge is 1.97. The molecule has 2 rings (SSSR count). The fourth-order valence-electron chi connectivity index (χ4n) is 1.10. The van der Waals surface area contributed by atoms with Crippen molar-refractivity contribution in [2.24, 2.45) is 0 Å². The molecule has 0 aliphatic carbocycles. The van der Waals surface area contributed by atoms with E-state index in [1.54, 1.807) is 12.4 Å². The van der Waals surface area contributed by atoms with E-state index in [1.165, 1.54) is 6.42 Å². The average molecular weight is 260 g/mol. The van der Waals surface area contributed by atoms with Gasteiger partial charge in [0.05, 0.1) is 11.9 Å². The highest BCUT2D eigenvalue weighted by atomic mass is 16.5. The largest absolute Gasteiger partial charge is 0.437 e. The summed E-state index contributed by atoms with van der Waals surface area (Å²) >= 11 is 0. The van der Waals surface area contributed by atoms with E-state index in [9.17, 15) is 0 Å². The van der Waals surface area contributed by atoms with E-state index in [-0.39, 0.29) is 0 Å². The quantitative estimate of drug-likeness (QED) is 0.760. The molecule has 2 aromatic rings. The van der Waals surface area contributed by atoms with Gasteiger partial charge in [0.1, 0.15) is 5.75 Å². The molecule has 0 aliphatic rings. The van der Waals surface area contributed by atoms with Crippen LogP contribution in [-0.4, -0.2) is 9.97 Å². The third kappa shape index (κ3) is 7.92. The summed E-state index contributed by atoms with van der Waals surface area (Å²) in [5.74, 6) is 1.30. The second kappa shape index (κ2) is 11.2. The lowest BCUT2D eigenvalue weighted by Gasteiger charge is -2.03. The Bertz CT molecular complexity index is 430. The molecule has 0 amide bonds. The zero-order valence-electron chi connectivity index (χ0n) is 12.6. The number of aryl methyl sites for hydroxylation is 1. The number of hydrogen-bond donors (Lipinski definition) is 0. The summed E-state index contributed by atoms with van der Waals surface area (Å²) in [5.41, 5.74) is 0.846. The van der Waals surface area contributed by atoms with Gasteiger partial charge in [-0.05, 0) is 19.1 Å². The third-order valence-electron chi connectivity index (χ3n) is 1.70. The summed E-state index contributed by atoms with van der Waals surface area (Å²) in [6.45, 7) is 10.1. The monoisotopic (exact) mass is 260 g/mol. The van der Waals surface area contributed by atoms with Gasteiger partial charge in [-0.2, -0.15) is 0 Å². The van der Waals surface area contributed by atoms with E-state index in [0.717, 1.165) is 11.4 Å². The number of aromatic nitrogens is 2. The summed E-state index contributed by atoms with van der Waals surface area (Å²) in [6, 6.07) is 9.53. The van der Waals surface area contributed by atoms with Gasteiger partial charge in [0, 0.05) is 6.20 Å². The molecule has 0 fully saturated rings.